The van der Waals surface area contributed by atoms with Crippen LogP contribution < -0.4 is 5.32 Å². The molecule has 3 amide bonds. The molecule has 3 aromatic rings. The Kier molecular flexibility index (Phi) is 8.72. The van der Waals surface area contributed by atoms with Gasteiger partial charge in [-0.05, 0) is 55.0 Å². The van der Waals surface area contributed by atoms with E-state index in [-0.39, 0.29) is 36.5 Å². The van der Waals surface area contributed by atoms with E-state index in [9.17, 15) is 9.59 Å². The third kappa shape index (κ3) is 7.03. The lowest BCUT2D eigenvalue weighted by molar-refractivity contribution is -0.132. The first-order chi connectivity index (χ1) is 17.0. The number of amides is 3. The van der Waals surface area contributed by atoms with Crippen molar-refractivity contribution in [1.82, 2.24) is 9.80 Å². The summed E-state index contributed by atoms with van der Waals surface area (Å²) in [5, 5.41) is 3.43. The first kappa shape index (κ1) is 25.1. The van der Waals surface area contributed by atoms with Gasteiger partial charge in [0, 0.05) is 26.1 Å². The molecule has 0 unspecified atom stereocenters. The van der Waals surface area contributed by atoms with E-state index in [4.69, 9.17) is 27.6 Å². The maximum absolute atomic E-state index is 13.1. The Labute approximate surface area is 215 Å². The van der Waals surface area contributed by atoms with Gasteiger partial charge in [0.25, 0.3) is 0 Å². The van der Waals surface area contributed by atoms with E-state index in [1.165, 1.54) is 5.56 Å². The number of nitrogens with zero attached hydrogens (tertiary/aromatic N) is 2. The Morgan fingerprint density at radius 3 is 2.49 bits per heavy atom. The summed E-state index contributed by atoms with van der Waals surface area (Å²) < 4.78 is 5.43. The van der Waals surface area contributed by atoms with Gasteiger partial charge in [-0.3, -0.25) is 4.79 Å². The summed E-state index contributed by atoms with van der Waals surface area (Å²) in [7, 11) is 0. The molecule has 6 nitrogen and oxygen atoms in total. The predicted molar refractivity (Wildman–Crippen MR) is 139 cm³/mol. The van der Waals surface area contributed by atoms with Crippen molar-refractivity contribution in [2.75, 3.05) is 25.0 Å². The van der Waals surface area contributed by atoms with Crippen LogP contribution in [-0.4, -0.2) is 41.4 Å². The van der Waals surface area contributed by atoms with Gasteiger partial charge >= 0.3 is 6.03 Å². The van der Waals surface area contributed by atoms with E-state index in [0.29, 0.717) is 22.4 Å². The largest absolute Gasteiger partial charge is 0.467 e. The van der Waals surface area contributed by atoms with Crippen LogP contribution in [0.15, 0.2) is 71.3 Å². The van der Waals surface area contributed by atoms with E-state index in [0.717, 1.165) is 32.4 Å². The minimum Gasteiger partial charge on any atom is -0.467 e. The number of benzene rings is 2. The Morgan fingerprint density at radius 1 is 1.00 bits per heavy atom. The fraction of sp³-hybridized carbons (Fsp3) is 0.333. The highest BCUT2D eigenvalue weighted by molar-refractivity contribution is 6.43. The molecule has 0 atom stereocenters. The molecular formula is C27H29Cl2N3O3. The molecule has 35 heavy (non-hydrogen) atoms. The quantitative estimate of drug-likeness (QED) is 0.374. The summed E-state index contributed by atoms with van der Waals surface area (Å²) in [6, 6.07) is 18.7. The van der Waals surface area contributed by atoms with Crippen molar-refractivity contribution in [3.63, 3.8) is 0 Å². The van der Waals surface area contributed by atoms with E-state index in [2.05, 4.69) is 29.6 Å². The Hall–Kier alpha value is -2.96. The van der Waals surface area contributed by atoms with Gasteiger partial charge in [0.15, 0.2) is 0 Å². The van der Waals surface area contributed by atoms with Crippen molar-refractivity contribution in [3.05, 3.63) is 88.3 Å². The molecule has 1 fully saturated rings. The van der Waals surface area contributed by atoms with E-state index < -0.39 is 0 Å². The number of hydrogen-bond acceptors (Lipinski definition) is 3. The third-order valence-corrected chi connectivity index (χ3v) is 7.16. The number of anilines is 1. The van der Waals surface area contributed by atoms with Crippen molar-refractivity contribution in [3.8, 4) is 0 Å². The van der Waals surface area contributed by atoms with Gasteiger partial charge in [-0.2, -0.15) is 0 Å². The number of carbonyl (C=O) groups excluding carboxylic acids is 2. The second-order valence-electron chi connectivity index (χ2n) is 8.80. The van der Waals surface area contributed by atoms with Gasteiger partial charge in [-0.1, -0.05) is 59.6 Å². The maximum Gasteiger partial charge on any atom is 0.322 e. The molecule has 1 aliphatic heterocycles. The van der Waals surface area contributed by atoms with E-state index in [1.54, 1.807) is 41.5 Å². The van der Waals surface area contributed by atoms with Crippen molar-refractivity contribution < 1.29 is 14.0 Å². The molecule has 2 heterocycles. The zero-order valence-corrected chi connectivity index (χ0v) is 21.0. The Bertz CT molecular complexity index is 1110. The van der Waals surface area contributed by atoms with Crippen molar-refractivity contribution in [1.29, 1.82) is 0 Å². The highest BCUT2D eigenvalue weighted by Gasteiger charge is 2.24. The highest BCUT2D eigenvalue weighted by atomic mass is 35.5. The maximum atomic E-state index is 13.1. The van der Waals surface area contributed by atoms with Crippen molar-refractivity contribution in [2.45, 2.75) is 32.2 Å². The fourth-order valence-corrected chi connectivity index (χ4v) is 4.71. The lowest BCUT2D eigenvalue weighted by Crippen LogP contribution is -2.42. The molecule has 0 aliphatic carbocycles. The van der Waals surface area contributed by atoms with Crippen LogP contribution in [0.25, 0.3) is 0 Å². The Balaban J connectivity index is 1.32. The summed E-state index contributed by atoms with van der Waals surface area (Å²) >= 11 is 12.3. The van der Waals surface area contributed by atoms with E-state index in [1.807, 2.05) is 11.0 Å². The van der Waals surface area contributed by atoms with Crippen molar-refractivity contribution in [2.24, 2.45) is 5.92 Å². The number of carbonyl (C=O) groups is 2. The number of hydrogen-bond donors (Lipinski definition) is 1. The number of rotatable bonds is 8. The second-order valence-corrected chi connectivity index (χ2v) is 9.58. The molecule has 1 N–H and O–H groups in total. The van der Waals surface area contributed by atoms with Crippen LogP contribution in [0.3, 0.4) is 0 Å². The molecule has 1 saturated heterocycles. The molecule has 184 valence electrons. The zero-order chi connectivity index (χ0) is 24.6. The topological polar surface area (TPSA) is 65.8 Å². The van der Waals surface area contributed by atoms with Crippen LogP contribution in [0.2, 0.25) is 10.0 Å². The standard InChI is InChI=1S/C27H29Cl2N3O3/c28-23-9-4-10-24(26(23)29)30-27(34)32(19-22-8-5-17-35-22)16-13-25(33)31-14-11-21(12-15-31)18-20-6-2-1-3-7-20/h1-10,17,21H,11-16,18-19H2,(H,30,34). The molecule has 0 bridgehead atoms. The Morgan fingerprint density at radius 2 is 1.77 bits per heavy atom. The summed E-state index contributed by atoms with van der Waals surface area (Å²) in [5.41, 5.74) is 1.76. The molecule has 2 aromatic carbocycles. The van der Waals surface area contributed by atoms with Crippen LogP contribution in [0.5, 0.6) is 0 Å². The number of urea groups is 1. The van der Waals surface area contributed by atoms with E-state index >= 15 is 0 Å². The third-order valence-electron chi connectivity index (χ3n) is 6.34. The predicted octanol–water partition coefficient (Wildman–Crippen LogP) is 6.49. The van der Waals surface area contributed by atoms with Crippen LogP contribution in [0, 0.1) is 5.92 Å². The molecule has 1 aromatic heterocycles. The van der Waals surface area contributed by atoms with Crippen LogP contribution in [0.4, 0.5) is 10.5 Å². The summed E-state index contributed by atoms with van der Waals surface area (Å²) in [6.07, 6.45) is 4.83. The van der Waals surface area contributed by atoms with Crippen LogP contribution in [0.1, 0.15) is 30.6 Å². The highest BCUT2D eigenvalue weighted by Crippen LogP contribution is 2.30. The van der Waals surface area contributed by atoms with Gasteiger partial charge in [0.2, 0.25) is 5.91 Å². The number of nitrogens with one attached hydrogen (secondary N) is 1. The number of piperidine rings is 1. The molecule has 0 saturated carbocycles. The van der Waals surface area contributed by atoms with Gasteiger partial charge in [-0.25, -0.2) is 4.79 Å². The summed E-state index contributed by atoms with van der Waals surface area (Å²) in [4.78, 5) is 29.5. The average molecular weight is 514 g/mol. The smallest absolute Gasteiger partial charge is 0.322 e. The zero-order valence-electron chi connectivity index (χ0n) is 19.5. The first-order valence-electron chi connectivity index (χ1n) is 11.8. The molecule has 4 rings (SSSR count). The lowest BCUT2D eigenvalue weighted by atomic mass is 9.90. The summed E-state index contributed by atoms with van der Waals surface area (Å²) in [5.74, 6) is 1.28. The normalized spacial score (nSPS) is 14.1. The lowest BCUT2D eigenvalue weighted by Gasteiger charge is -2.33. The molecule has 0 radical (unpaired) electrons. The van der Waals surface area contributed by atoms with Gasteiger partial charge in [0.05, 0.1) is 28.5 Å². The number of likely N-dealkylation sites (tertiary alicyclic amines) is 1. The fourth-order valence-electron chi connectivity index (χ4n) is 4.36. The second kappa shape index (κ2) is 12.1. The minimum atomic E-state index is -0.375. The molecular weight excluding hydrogens is 485 g/mol. The molecule has 8 heteroatoms. The number of halogens is 2. The van der Waals surface area contributed by atoms with Gasteiger partial charge < -0.3 is 19.5 Å². The minimum absolute atomic E-state index is 0.0567. The molecule has 0 spiro atoms. The van der Waals surface area contributed by atoms with Gasteiger partial charge in [-0.15, -0.1) is 0 Å². The average Bonchev–Trinajstić information content (AvgIpc) is 3.39. The number of furan rings is 1. The van der Waals surface area contributed by atoms with Gasteiger partial charge in [0.1, 0.15) is 5.76 Å². The van der Waals surface area contributed by atoms with Crippen LogP contribution >= 0.6 is 23.2 Å². The van der Waals surface area contributed by atoms with Crippen molar-refractivity contribution >= 4 is 40.8 Å². The molecule has 1 aliphatic rings. The SMILES string of the molecule is O=C(CCN(Cc1ccco1)C(=O)Nc1cccc(Cl)c1Cl)N1CCC(Cc2ccccc2)CC1. The van der Waals surface area contributed by atoms with Crippen LogP contribution in [-0.2, 0) is 17.8 Å². The first-order valence-corrected chi connectivity index (χ1v) is 12.6. The summed E-state index contributed by atoms with van der Waals surface area (Å²) in [6.45, 7) is 1.99. The monoisotopic (exact) mass is 513 g/mol.